The van der Waals surface area contributed by atoms with E-state index in [4.69, 9.17) is 4.74 Å². The number of benzene rings is 1. The highest BCUT2D eigenvalue weighted by molar-refractivity contribution is 5.98. The minimum atomic E-state index is -0.403. The molecule has 1 amide bonds. The van der Waals surface area contributed by atoms with Crippen LogP contribution in [0, 0.1) is 0 Å². The molecule has 126 valence electrons. The van der Waals surface area contributed by atoms with Gasteiger partial charge in [-0.1, -0.05) is 13.8 Å². The fourth-order valence-electron chi connectivity index (χ4n) is 2.70. The van der Waals surface area contributed by atoms with Gasteiger partial charge in [0.2, 0.25) is 5.91 Å². The van der Waals surface area contributed by atoms with Gasteiger partial charge < -0.3 is 19.9 Å². The lowest BCUT2D eigenvalue weighted by atomic mass is 10.1. The van der Waals surface area contributed by atoms with Crippen molar-refractivity contribution in [2.45, 2.75) is 20.3 Å². The van der Waals surface area contributed by atoms with Crippen LogP contribution in [0.1, 0.15) is 30.6 Å². The summed E-state index contributed by atoms with van der Waals surface area (Å²) < 4.78 is 4.76. The first-order chi connectivity index (χ1) is 11.1. The molecule has 0 spiro atoms. The molecule has 2 rings (SSSR count). The molecule has 1 aromatic rings. The Labute approximate surface area is 137 Å². The third kappa shape index (κ3) is 4.22. The average molecular weight is 319 g/mol. The Morgan fingerprint density at radius 1 is 1.17 bits per heavy atom. The zero-order valence-corrected chi connectivity index (χ0v) is 14.1. The summed E-state index contributed by atoms with van der Waals surface area (Å²) in [7, 11) is 1.35. The number of amides is 1. The Morgan fingerprint density at radius 3 is 2.43 bits per heavy atom. The minimum absolute atomic E-state index is 0.0690. The molecule has 1 aliphatic rings. The Balaban J connectivity index is 2.26. The van der Waals surface area contributed by atoms with Gasteiger partial charge in [-0.25, -0.2) is 4.79 Å². The van der Waals surface area contributed by atoms with E-state index < -0.39 is 5.97 Å². The molecule has 23 heavy (non-hydrogen) atoms. The molecule has 1 heterocycles. The molecule has 0 saturated carbocycles. The third-order valence-electron chi connectivity index (χ3n) is 4.17. The number of hydrogen-bond acceptors (Lipinski definition) is 5. The summed E-state index contributed by atoms with van der Waals surface area (Å²) in [5, 5.41) is 2.90. The maximum absolute atomic E-state index is 11.8. The van der Waals surface area contributed by atoms with Gasteiger partial charge in [0.1, 0.15) is 0 Å². The zero-order valence-electron chi connectivity index (χ0n) is 14.1. The molecule has 6 nitrogen and oxygen atoms in total. The molecule has 0 bridgehead atoms. The molecule has 0 atom stereocenters. The van der Waals surface area contributed by atoms with Gasteiger partial charge in [-0.15, -0.1) is 0 Å². The van der Waals surface area contributed by atoms with E-state index >= 15 is 0 Å². The number of ether oxygens (including phenoxy) is 1. The summed E-state index contributed by atoms with van der Waals surface area (Å²) >= 11 is 0. The first-order valence-electron chi connectivity index (χ1n) is 8.08. The maximum Gasteiger partial charge on any atom is 0.337 e. The quantitative estimate of drug-likeness (QED) is 0.841. The molecule has 0 radical (unpaired) electrons. The van der Waals surface area contributed by atoms with Gasteiger partial charge in [0, 0.05) is 32.6 Å². The van der Waals surface area contributed by atoms with Crippen LogP contribution >= 0.6 is 0 Å². The van der Waals surface area contributed by atoms with Crippen molar-refractivity contribution < 1.29 is 14.3 Å². The normalized spacial score (nSPS) is 15.3. The van der Waals surface area contributed by atoms with Crippen LogP contribution in [-0.2, 0) is 9.53 Å². The molecule has 0 aliphatic carbocycles. The maximum atomic E-state index is 11.8. The van der Waals surface area contributed by atoms with Crippen molar-refractivity contribution in [1.29, 1.82) is 0 Å². The second-order valence-corrected chi connectivity index (χ2v) is 5.55. The standard InChI is InChI=1S/C17H25N3O3/c1-4-16(21)18-14-12-13(17(22)23-3)6-7-15(14)20-10-8-19(5-2)9-11-20/h6-7,12H,4-5,8-11H2,1-3H3,(H,18,21). The fourth-order valence-corrected chi connectivity index (χ4v) is 2.70. The van der Waals surface area contributed by atoms with Gasteiger partial charge in [0.25, 0.3) is 0 Å². The number of nitrogens with zero attached hydrogens (tertiary/aromatic N) is 2. The van der Waals surface area contributed by atoms with Crippen LogP contribution in [0.3, 0.4) is 0 Å². The van der Waals surface area contributed by atoms with Crippen LogP contribution in [0.5, 0.6) is 0 Å². The SMILES string of the molecule is CCC(=O)Nc1cc(C(=O)OC)ccc1N1CCN(CC)CC1. The second-order valence-electron chi connectivity index (χ2n) is 5.55. The lowest BCUT2D eigenvalue weighted by molar-refractivity contribution is -0.115. The van der Waals surface area contributed by atoms with Crippen molar-refractivity contribution in [3.8, 4) is 0 Å². The van der Waals surface area contributed by atoms with E-state index in [0.29, 0.717) is 17.7 Å². The first kappa shape index (κ1) is 17.3. The third-order valence-corrected chi connectivity index (χ3v) is 4.17. The van der Waals surface area contributed by atoms with Crippen LogP contribution in [-0.4, -0.2) is 56.6 Å². The number of carbonyl (C=O) groups excluding carboxylic acids is 2. The minimum Gasteiger partial charge on any atom is -0.465 e. The number of piperazine rings is 1. The fraction of sp³-hybridized carbons (Fsp3) is 0.529. The number of nitrogens with one attached hydrogen (secondary N) is 1. The molecule has 6 heteroatoms. The zero-order chi connectivity index (χ0) is 16.8. The van der Waals surface area contributed by atoms with E-state index in [0.717, 1.165) is 38.4 Å². The van der Waals surface area contributed by atoms with Crippen LogP contribution in [0.4, 0.5) is 11.4 Å². The van der Waals surface area contributed by atoms with E-state index in [-0.39, 0.29) is 5.91 Å². The highest BCUT2D eigenvalue weighted by Gasteiger charge is 2.20. The summed E-state index contributed by atoms with van der Waals surface area (Å²) in [6.45, 7) is 8.81. The predicted octanol–water partition coefficient (Wildman–Crippen LogP) is 1.96. The number of hydrogen-bond donors (Lipinski definition) is 1. The number of anilines is 2. The average Bonchev–Trinajstić information content (AvgIpc) is 2.61. The summed E-state index contributed by atoms with van der Waals surface area (Å²) in [5.41, 5.74) is 2.06. The van der Waals surface area contributed by atoms with E-state index in [1.165, 1.54) is 7.11 Å². The van der Waals surface area contributed by atoms with Crippen LogP contribution in [0.2, 0.25) is 0 Å². The van der Waals surface area contributed by atoms with Crippen molar-refractivity contribution in [2.24, 2.45) is 0 Å². The van der Waals surface area contributed by atoms with Crippen molar-refractivity contribution in [3.05, 3.63) is 23.8 Å². The van der Waals surface area contributed by atoms with Gasteiger partial charge in [0.15, 0.2) is 0 Å². The molecule has 1 aliphatic heterocycles. The first-order valence-corrected chi connectivity index (χ1v) is 8.08. The van der Waals surface area contributed by atoms with E-state index in [1.54, 1.807) is 19.1 Å². The summed E-state index contributed by atoms with van der Waals surface area (Å²) in [6, 6.07) is 5.33. The summed E-state index contributed by atoms with van der Waals surface area (Å²) in [4.78, 5) is 28.2. The smallest absolute Gasteiger partial charge is 0.337 e. The van der Waals surface area contributed by atoms with Gasteiger partial charge in [0.05, 0.1) is 24.0 Å². The van der Waals surface area contributed by atoms with Crippen molar-refractivity contribution >= 4 is 23.3 Å². The van der Waals surface area contributed by atoms with E-state index in [1.807, 2.05) is 6.07 Å². The molecular formula is C17H25N3O3. The van der Waals surface area contributed by atoms with Crippen molar-refractivity contribution in [1.82, 2.24) is 4.90 Å². The largest absolute Gasteiger partial charge is 0.465 e. The molecular weight excluding hydrogens is 294 g/mol. The Hall–Kier alpha value is -2.08. The molecule has 1 N–H and O–H groups in total. The molecule has 0 aromatic heterocycles. The molecule has 1 aromatic carbocycles. The lowest BCUT2D eigenvalue weighted by Crippen LogP contribution is -2.46. The number of likely N-dealkylation sites (N-methyl/N-ethyl adjacent to an activating group) is 1. The van der Waals surface area contributed by atoms with Gasteiger partial charge in [-0.3, -0.25) is 4.79 Å². The Bertz CT molecular complexity index is 566. The van der Waals surface area contributed by atoms with Gasteiger partial charge in [-0.2, -0.15) is 0 Å². The second kappa shape index (κ2) is 7.97. The molecule has 1 saturated heterocycles. The van der Waals surface area contributed by atoms with Crippen LogP contribution in [0.25, 0.3) is 0 Å². The molecule has 1 fully saturated rings. The Kier molecular flexibility index (Phi) is 5.98. The number of rotatable bonds is 5. The lowest BCUT2D eigenvalue weighted by Gasteiger charge is -2.36. The van der Waals surface area contributed by atoms with Crippen LogP contribution in [0.15, 0.2) is 18.2 Å². The number of esters is 1. The highest BCUT2D eigenvalue weighted by Crippen LogP contribution is 2.28. The van der Waals surface area contributed by atoms with Crippen molar-refractivity contribution in [2.75, 3.05) is 50.1 Å². The summed E-state index contributed by atoms with van der Waals surface area (Å²) in [5.74, 6) is -0.472. The van der Waals surface area contributed by atoms with Gasteiger partial charge >= 0.3 is 5.97 Å². The predicted molar refractivity (Wildman–Crippen MR) is 91.0 cm³/mol. The number of methoxy groups -OCH3 is 1. The van der Waals surface area contributed by atoms with Gasteiger partial charge in [-0.05, 0) is 24.7 Å². The Morgan fingerprint density at radius 2 is 1.87 bits per heavy atom. The van der Waals surface area contributed by atoms with E-state index in [9.17, 15) is 9.59 Å². The monoisotopic (exact) mass is 319 g/mol. The van der Waals surface area contributed by atoms with E-state index in [2.05, 4.69) is 22.0 Å². The topological polar surface area (TPSA) is 61.9 Å². The van der Waals surface area contributed by atoms with Crippen molar-refractivity contribution in [3.63, 3.8) is 0 Å². The molecule has 0 unspecified atom stereocenters. The number of carbonyl (C=O) groups is 2. The highest BCUT2D eigenvalue weighted by atomic mass is 16.5. The summed E-state index contributed by atoms with van der Waals surface area (Å²) in [6.07, 6.45) is 0.394. The van der Waals surface area contributed by atoms with Crippen LogP contribution < -0.4 is 10.2 Å².